The number of imidazole rings is 1. The molecule has 2 heterocycles. The molecule has 0 unspecified atom stereocenters. The van der Waals surface area contributed by atoms with Crippen LogP contribution < -0.4 is 4.57 Å². The number of aryl methyl sites for hydroxylation is 3. The lowest BCUT2D eigenvalue weighted by molar-refractivity contribution is -0.659. The smallest absolute Gasteiger partial charge is 0.292 e. The lowest BCUT2D eigenvalue weighted by Crippen LogP contribution is -2.29. The van der Waals surface area contributed by atoms with Crippen molar-refractivity contribution in [2.75, 3.05) is 0 Å². The summed E-state index contributed by atoms with van der Waals surface area (Å²) in [6.45, 7) is 2.15. The average molecular weight is 327 g/mol. The number of benzene rings is 3. The molecular weight excluding hydrogens is 308 g/mol. The predicted molar refractivity (Wildman–Crippen MR) is 102 cm³/mol. The molecule has 3 heteroatoms. The van der Waals surface area contributed by atoms with Crippen molar-refractivity contribution in [2.24, 2.45) is 14.1 Å². The second-order valence-corrected chi connectivity index (χ2v) is 6.74. The van der Waals surface area contributed by atoms with Gasteiger partial charge in [0.15, 0.2) is 5.58 Å². The third-order valence-corrected chi connectivity index (χ3v) is 5.15. The number of rotatable bonds is 1. The van der Waals surface area contributed by atoms with Gasteiger partial charge >= 0.3 is 0 Å². The molecule has 0 bridgehead atoms. The van der Waals surface area contributed by atoms with Crippen LogP contribution in [0.25, 0.3) is 44.1 Å². The lowest BCUT2D eigenvalue weighted by atomic mass is 10.0. The molecule has 0 aliphatic heterocycles. The molecule has 3 nitrogen and oxygen atoms in total. The summed E-state index contributed by atoms with van der Waals surface area (Å²) in [7, 11) is 4.15. The van der Waals surface area contributed by atoms with Crippen molar-refractivity contribution in [3.63, 3.8) is 0 Å². The van der Waals surface area contributed by atoms with Crippen LogP contribution in [0.5, 0.6) is 0 Å². The van der Waals surface area contributed by atoms with Crippen molar-refractivity contribution in [3.05, 3.63) is 66.5 Å². The molecule has 0 saturated carbocycles. The summed E-state index contributed by atoms with van der Waals surface area (Å²) in [5, 5.41) is 4.71. The van der Waals surface area contributed by atoms with E-state index >= 15 is 0 Å². The highest BCUT2D eigenvalue weighted by Gasteiger charge is 2.23. The Hall–Kier alpha value is -3.07. The van der Waals surface area contributed by atoms with E-state index in [1.807, 2.05) is 0 Å². The van der Waals surface area contributed by atoms with Gasteiger partial charge in [0, 0.05) is 16.2 Å². The minimum Gasteiger partial charge on any atom is -0.454 e. The molecule has 3 aromatic carbocycles. The number of hydrogen-bond acceptors (Lipinski definition) is 1. The van der Waals surface area contributed by atoms with Crippen molar-refractivity contribution in [2.45, 2.75) is 6.92 Å². The summed E-state index contributed by atoms with van der Waals surface area (Å²) in [5.41, 5.74) is 4.31. The minimum absolute atomic E-state index is 0.962. The number of nitrogens with zero attached hydrogens (tertiary/aromatic N) is 2. The Bertz CT molecular complexity index is 1250. The molecular formula is C22H19N2O+. The Morgan fingerprint density at radius 2 is 1.64 bits per heavy atom. The van der Waals surface area contributed by atoms with E-state index < -0.39 is 0 Å². The first kappa shape index (κ1) is 14.3. The van der Waals surface area contributed by atoms with Gasteiger partial charge in [-0.15, -0.1) is 0 Å². The Labute approximate surface area is 145 Å². The van der Waals surface area contributed by atoms with Crippen molar-refractivity contribution in [1.29, 1.82) is 0 Å². The zero-order valence-corrected chi connectivity index (χ0v) is 14.6. The molecule has 0 radical (unpaired) electrons. The fraction of sp³-hybridized carbons (Fsp3) is 0.136. The molecule has 0 saturated heterocycles. The molecule has 5 aromatic rings. The topological polar surface area (TPSA) is 21.9 Å². The Morgan fingerprint density at radius 3 is 2.44 bits per heavy atom. The summed E-state index contributed by atoms with van der Waals surface area (Å²) in [5.74, 6) is 1.14. The summed E-state index contributed by atoms with van der Waals surface area (Å²) in [6.07, 6.45) is 4.15. The van der Waals surface area contributed by atoms with Crippen molar-refractivity contribution >= 4 is 32.7 Å². The molecule has 5 rings (SSSR count). The number of furan rings is 1. The summed E-state index contributed by atoms with van der Waals surface area (Å²) in [4.78, 5) is 0. The first-order valence-corrected chi connectivity index (χ1v) is 8.50. The van der Waals surface area contributed by atoms with Crippen LogP contribution >= 0.6 is 0 Å². The van der Waals surface area contributed by atoms with Crippen LogP contribution in [0.3, 0.4) is 0 Å². The van der Waals surface area contributed by atoms with Crippen molar-refractivity contribution in [1.82, 2.24) is 4.57 Å². The van der Waals surface area contributed by atoms with E-state index in [1.54, 1.807) is 0 Å². The highest BCUT2D eigenvalue weighted by atomic mass is 16.3. The summed E-state index contributed by atoms with van der Waals surface area (Å²) in [6, 6.07) is 17.1. The van der Waals surface area contributed by atoms with E-state index in [2.05, 4.69) is 91.1 Å². The van der Waals surface area contributed by atoms with Crippen molar-refractivity contribution < 1.29 is 8.98 Å². The quantitative estimate of drug-likeness (QED) is 0.402. The molecule has 0 aliphatic rings. The van der Waals surface area contributed by atoms with Crippen LogP contribution in [0.1, 0.15) is 5.56 Å². The van der Waals surface area contributed by atoms with E-state index in [0.717, 1.165) is 27.9 Å². The van der Waals surface area contributed by atoms with Crippen LogP contribution in [-0.4, -0.2) is 4.57 Å². The van der Waals surface area contributed by atoms with Gasteiger partial charge < -0.3 is 4.42 Å². The Kier molecular flexibility index (Phi) is 2.84. The third-order valence-electron chi connectivity index (χ3n) is 5.15. The molecule has 0 amide bonds. The normalized spacial score (nSPS) is 11.8. The summed E-state index contributed by atoms with van der Waals surface area (Å²) < 4.78 is 10.8. The highest BCUT2D eigenvalue weighted by Crippen LogP contribution is 2.39. The first-order chi connectivity index (χ1) is 12.1. The molecule has 0 N–H and O–H groups in total. The molecule has 0 aliphatic carbocycles. The molecule has 2 aromatic heterocycles. The molecule has 0 fully saturated rings. The fourth-order valence-electron chi connectivity index (χ4n) is 3.89. The zero-order valence-electron chi connectivity index (χ0n) is 14.6. The maximum atomic E-state index is 6.48. The van der Waals surface area contributed by atoms with Crippen molar-refractivity contribution in [3.8, 4) is 11.4 Å². The van der Waals surface area contributed by atoms with E-state index in [4.69, 9.17) is 4.42 Å². The molecule has 122 valence electrons. The second-order valence-electron chi connectivity index (χ2n) is 6.74. The third kappa shape index (κ3) is 1.89. The van der Waals surface area contributed by atoms with E-state index in [1.165, 1.54) is 21.7 Å². The SMILES string of the molecule is Cc1ccc2c(oc3c4ccccc4ccc23)c1-c1n(C)cc[n+]1C. The van der Waals surface area contributed by atoms with Crippen LogP contribution in [0.2, 0.25) is 0 Å². The monoisotopic (exact) mass is 327 g/mol. The molecule has 25 heavy (non-hydrogen) atoms. The van der Waals surface area contributed by atoms with Gasteiger partial charge in [0.2, 0.25) is 0 Å². The Morgan fingerprint density at radius 1 is 0.880 bits per heavy atom. The fourth-order valence-corrected chi connectivity index (χ4v) is 3.89. The highest BCUT2D eigenvalue weighted by molar-refractivity contribution is 6.17. The van der Waals surface area contributed by atoms with E-state index in [9.17, 15) is 0 Å². The van der Waals surface area contributed by atoms with Gasteiger partial charge in [-0.3, -0.25) is 0 Å². The van der Waals surface area contributed by atoms with Gasteiger partial charge in [-0.1, -0.05) is 42.5 Å². The van der Waals surface area contributed by atoms with Crippen LogP contribution in [0.15, 0.2) is 65.3 Å². The number of aromatic nitrogens is 2. The Balaban J connectivity index is 1.99. The van der Waals surface area contributed by atoms with Crippen LogP contribution in [-0.2, 0) is 14.1 Å². The average Bonchev–Trinajstić information content (AvgIpc) is 3.16. The minimum atomic E-state index is 0.962. The maximum absolute atomic E-state index is 6.48. The van der Waals surface area contributed by atoms with E-state index in [0.29, 0.717) is 0 Å². The van der Waals surface area contributed by atoms with Gasteiger partial charge in [-0.05, 0) is 23.9 Å². The molecule has 0 spiro atoms. The standard InChI is InChI=1S/C22H19N2O/c1-14-8-10-18-17-11-9-15-6-4-5-7-16(15)20(17)25-21(18)19(14)22-23(2)12-13-24(22)3/h4-13H,1-3H3/q+1. The van der Waals surface area contributed by atoms with Gasteiger partial charge in [-0.25, -0.2) is 9.13 Å². The zero-order chi connectivity index (χ0) is 17.1. The largest absolute Gasteiger partial charge is 0.454 e. The second kappa shape index (κ2) is 4.96. The first-order valence-electron chi connectivity index (χ1n) is 8.50. The van der Waals surface area contributed by atoms with Gasteiger partial charge in [-0.2, -0.15) is 0 Å². The van der Waals surface area contributed by atoms with Crippen LogP contribution in [0, 0.1) is 6.92 Å². The van der Waals surface area contributed by atoms with Gasteiger partial charge in [0.25, 0.3) is 5.82 Å². The molecule has 0 atom stereocenters. The van der Waals surface area contributed by atoms with E-state index in [-0.39, 0.29) is 0 Å². The predicted octanol–water partition coefficient (Wildman–Crippen LogP) is 4.88. The summed E-state index contributed by atoms with van der Waals surface area (Å²) >= 11 is 0. The van der Waals surface area contributed by atoms with Crippen LogP contribution in [0.4, 0.5) is 0 Å². The maximum Gasteiger partial charge on any atom is 0.292 e. The van der Waals surface area contributed by atoms with Gasteiger partial charge in [0.05, 0.1) is 14.1 Å². The number of fused-ring (bicyclic) bond motifs is 5. The lowest BCUT2D eigenvalue weighted by Gasteiger charge is -2.04. The number of hydrogen-bond donors (Lipinski definition) is 0. The van der Waals surface area contributed by atoms with Gasteiger partial charge in [0.1, 0.15) is 23.5 Å².